The topological polar surface area (TPSA) is 111 Å². The van der Waals surface area contributed by atoms with E-state index in [-0.39, 0.29) is 24.4 Å². The minimum Gasteiger partial charge on any atom is -0.497 e. The van der Waals surface area contributed by atoms with Gasteiger partial charge in [0.15, 0.2) is 17.3 Å². The van der Waals surface area contributed by atoms with Gasteiger partial charge in [-0.15, -0.1) is 5.10 Å². The van der Waals surface area contributed by atoms with Crippen molar-refractivity contribution in [2.24, 2.45) is 0 Å². The number of methoxy groups -OCH3 is 1. The molecule has 40 heavy (non-hydrogen) atoms. The Morgan fingerprint density at radius 1 is 1.00 bits per heavy atom. The van der Waals surface area contributed by atoms with Crippen LogP contribution >= 0.6 is 0 Å². The van der Waals surface area contributed by atoms with E-state index >= 15 is 0 Å². The molecule has 1 saturated heterocycles. The summed E-state index contributed by atoms with van der Waals surface area (Å²) in [7, 11) is 1.69. The Labute approximate surface area is 231 Å². The Balaban J connectivity index is 1.26. The molecule has 2 aromatic heterocycles. The van der Waals surface area contributed by atoms with Crippen LogP contribution in [-0.2, 0) is 0 Å². The van der Waals surface area contributed by atoms with Crippen molar-refractivity contribution in [2.75, 3.05) is 45.0 Å². The smallest absolute Gasteiger partial charge is 0.253 e. The van der Waals surface area contributed by atoms with Crippen LogP contribution in [0.15, 0.2) is 47.3 Å². The largest absolute Gasteiger partial charge is 0.497 e. The highest BCUT2D eigenvalue weighted by Gasteiger charge is 2.34. The van der Waals surface area contributed by atoms with E-state index in [0.717, 1.165) is 74.5 Å². The summed E-state index contributed by atoms with van der Waals surface area (Å²) in [5.41, 5.74) is 2.33. The second-order valence-electron chi connectivity index (χ2n) is 10.7. The molecule has 1 aliphatic carbocycles. The third-order valence-corrected chi connectivity index (χ3v) is 8.44. The van der Waals surface area contributed by atoms with Gasteiger partial charge in [-0.1, -0.05) is 25.3 Å². The highest BCUT2D eigenvalue weighted by Crippen LogP contribution is 2.37. The van der Waals surface area contributed by atoms with Crippen molar-refractivity contribution in [1.82, 2.24) is 30.1 Å². The van der Waals surface area contributed by atoms with Crippen molar-refractivity contribution in [3.05, 3.63) is 64.2 Å². The van der Waals surface area contributed by atoms with Crippen molar-refractivity contribution in [1.29, 1.82) is 0 Å². The summed E-state index contributed by atoms with van der Waals surface area (Å²) >= 11 is 0. The number of fused-ring (bicyclic) bond motifs is 2. The number of H-pyrrole nitrogens is 1. The molecule has 0 amide bonds. The molecule has 7 rings (SSSR count). The molecule has 2 fully saturated rings. The zero-order chi connectivity index (χ0) is 27.1. The number of tetrazole rings is 1. The second kappa shape index (κ2) is 10.5. The molecule has 208 valence electrons. The number of nitrogens with zero attached hydrogens (tertiary/aromatic N) is 6. The van der Waals surface area contributed by atoms with E-state index in [1.807, 2.05) is 35.0 Å². The predicted molar refractivity (Wildman–Crippen MR) is 149 cm³/mol. The monoisotopic (exact) mass is 543 g/mol. The van der Waals surface area contributed by atoms with E-state index in [9.17, 15) is 4.79 Å². The van der Waals surface area contributed by atoms with E-state index in [0.29, 0.717) is 22.6 Å². The molecule has 0 radical (unpaired) electrons. The molecule has 0 unspecified atom stereocenters. The zero-order valence-electron chi connectivity index (χ0n) is 22.6. The number of ether oxygens (including phenoxy) is 3. The molecule has 1 N–H and O–H groups in total. The van der Waals surface area contributed by atoms with Crippen LogP contribution in [0, 0.1) is 0 Å². The average molecular weight is 544 g/mol. The molecule has 1 saturated carbocycles. The molecule has 4 heterocycles. The number of anilines is 1. The SMILES string of the molecule is COc1cccc(N2CCN([C@@H](c3cc4cc5c(cc4[nH]c3=O)OCO5)c3nnnn3C3CCCCC3)CC2)c1. The summed E-state index contributed by atoms with van der Waals surface area (Å²) in [4.78, 5) is 21.5. The van der Waals surface area contributed by atoms with Crippen molar-refractivity contribution in [3.63, 3.8) is 0 Å². The van der Waals surface area contributed by atoms with E-state index < -0.39 is 0 Å². The minimum absolute atomic E-state index is 0.148. The normalized spacial score (nSPS) is 18.8. The Hall–Kier alpha value is -4.12. The number of pyridine rings is 1. The third kappa shape index (κ3) is 4.53. The number of hydrogen-bond donors (Lipinski definition) is 1. The van der Waals surface area contributed by atoms with Gasteiger partial charge in [0.1, 0.15) is 11.8 Å². The molecule has 1 atom stereocenters. The first-order valence-corrected chi connectivity index (χ1v) is 14.1. The first-order chi connectivity index (χ1) is 19.7. The number of rotatable bonds is 6. The fourth-order valence-corrected chi connectivity index (χ4v) is 6.33. The quantitative estimate of drug-likeness (QED) is 0.389. The number of piperazine rings is 1. The Morgan fingerprint density at radius 2 is 1.80 bits per heavy atom. The first kappa shape index (κ1) is 24.9. The van der Waals surface area contributed by atoms with Crippen LogP contribution in [0.4, 0.5) is 5.69 Å². The van der Waals surface area contributed by atoms with Gasteiger partial charge in [-0.3, -0.25) is 9.69 Å². The number of aromatic amines is 1. The lowest BCUT2D eigenvalue weighted by Gasteiger charge is -2.40. The molecular formula is C29H33N7O4. The fraction of sp³-hybridized carbons (Fsp3) is 0.448. The van der Waals surface area contributed by atoms with Crippen LogP contribution in [0.3, 0.4) is 0 Å². The Kier molecular flexibility index (Phi) is 6.51. The summed E-state index contributed by atoms with van der Waals surface area (Å²) in [5.74, 6) is 2.89. The molecule has 0 bridgehead atoms. The van der Waals surface area contributed by atoms with E-state index in [1.54, 1.807) is 7.11 Å². The summed E-state index contributed by atoms with van der Waals surface area (Å²) in [6.45, 7) is 3.28. The summed E-state index contributed by atoms with van der Waals surface area (Å²) in [5, 5.41) is 14.0. The van der Waals surface area contributed by atoms with Crippen LogP contribution in [0.25, 0.3) is 10.9 Å². The van der Waals surface area contributed by atoms with E-state index in [2.05, 4.69) is 42.4 Å². The fourth-order valence-electron chi connectivity index (χ4n) is 6.33. The molecule has 0 spiro atoms. The van der Waals surface area contributed by atoms with Crippen LogP contribution in [-0.4, -0.2) is 70.2 Å². The molecule has 2 aromatic carbocycles. The number of nitrogens with one attached hydrogen (secondary N) is 1. The van der Waals surface area contributed by atoms with Gasteiger partial charge in [-0.2, -0.15) is 0 Å². The second-order valence-corrected chi connectivity index (χ2v) is 10.7. The van der Waals surface area contributed by atoms with Gasteiger partial charge in [-0.25, -0.2) is 4.68 Å². The lowest BCUT2D eigenvalue weighted by Crippen LogP contribution is -2.49. The van der Waals surface area contributed by atoms with Crippen LogP contribution in [0.1, 0.15) is 55.6 Å². The molecule has 4 aromatic rings. The van der Waals surface area contributed by atoms with Crippen molar-refractivity contribution in [2.45, 2.75) is 44.2 Å². The lowest BCUT2D eigenvalue weighted by atomic mass is 9.95. The number of hydrogen-bond acceptors (Lipinski definition) is 9. The van der Waals surface area contributed by atoms with Crippen molar-refractivity contribution in [3.8, 4) is 17.2 Å². The lowest BCUT2D eigenvalue weighted by molar-refractivity contribution is 0.174. The average Bonchev–Trinajstić information content (AvgIpc) is 3.67. The molecule has 3 aliphatic rings. The molecule has 11 heteroatoms. The Bertz CT molecular complexity index is 1570. The standard InChI is InChI=1S/C29H33N7O4/c1-38-22-9-5-8-21(16-22)34-10-12-35(13-11-34)27(28-31-32-33-36(28)20-6-3-2-4-7-20)23-14-19-15-25-26(40-18-39-25)17-24(19)30-29(23)37/h5,8-9,14-17,20,27H,2-4,6-7,10-13,18H2,1H3,(H,30,37)/t27-/m0/s1. The van der Waals surface area contributed by atoms with Crippen molar-refractivity contribution < 1.29 is 14.2 Å². The first-order valence-electron chi connectivity index (χ1n) is 14.1. The van der Waals surface area contributed by atoms with Crippen molar-refractivity contribution >= 4 is 16.6 Å². The summed E-state index contributed by atoms with van der Waals surface area (Å²) < 4.78 is 18.6. The maximum atomic E-state index is 13.7. The van der Waals surface area contributed by atoms with E-state index in [4.69, 9.17) is 14.2 Å². The summed E-state index contributed by atoms with van der Waals surface area (Å²) in [6.07, 6.45) is 5.66. The van der Waals surface area contributed by atoms with Gasteiger partial charge >= 0.3 is 0 Å². The molecule has 2 aliphatic heterocycles. The van der Waals surface area contributed by atoms with Gasteiger partial charge in [0.2, 0.25) is 6.79 Å². The Morgan fingerprint density at radius 3 is 2.60 bits per heavy atom. The third-order valence-electron chi connectivity index (χ3n) is 8.44. The maximum absolute atomic E-state index is 13.7. The van der Waals surface area contributed by atoms with Gasteiger partial charge in [-0.05, 0) is 47.5 Å². The highest BCUT2D eigenvalue weighted by atomic mass is 16.7. The minimum atomic E-state index is -0.386. The summed E-state index contributed by atoms with van der Waals surface area (Å²) in [6, 6.07) is 13.7. The number of aromatic nitrogens is 5. The van der Waals surface area contributed by atoms with Gasteiger partial charge in [0.05, 0.1) is 18.7 Å². The zero-order valence-corrected chi connectivity index (χ0v) is 22.6. The molecule has 11 nitrogen and oxygen atoms in total. The molecular weight excluding hydrogens is 510 g/mol. The van der Waals surface area contributed by atoms with Gasteiger partial charge < -0.3 is 24.1 Å². The van der Waals surface area contributed by atoms with Crippen LogP contribution in [0.5, 0.6) is 17.2 Å². The number of benzene rings is 2. The maximum Gasteiger partial charge on any atom is 0.253 e. The highest BCUT2D eigenvalue weighted by molar-refractivity contribution is 5.83. The van der Waals surface area contributed by atoms with Gasteiger partial charge in [0, 0.05) is 54.9 Å². The van der Waals surface area contributed by atoms with Crippen LogP contribution < -0.4 is 24.7 Å². The van der Waals surface area contributed by atoms with E-state index in [1.165, 1.54) is 6.42 Å². The van der Waals surface area contributed by atoms with Crippen LogP contribution in [0.2, 0.25) is 0 Å². The van der Waals surface area contributed by atoms with Gasteiger partial charge in [0.25, 0.3) is 5.56 Å². The predicted octanol–water partition coefficient (Wildman–Crippen LogP) is 3.67.